The molecule has 0 saturated heterocycles. The van der Waals surface area contributed by atoms with Crippen LogP contribution in [0.2, 0.25) is 0 Å². The van der Waals surface area contributed by atoms with Crippen molar-refractivity contribution in [2.24, 2.45) is 17.6 Å². The Morgan fingerprint density at radius 2 is 1.46 bits per heavy atom. The SMILES string of the molecule is C/C(N)=C1\CCCCC1=N.CC.CC.CC(C)C.CCC(C)C=S. The maximum atomic E-state index is 7.54. The van der Waals surface area contributed by atoms with Crippen molar-refractivity contribution in [3.63, 3.8) is 0 Å². The predicted octanol–water partition coefficient (Wildman–Crippen LogP) is 7.56. The lowest BCUT2D eigenvalue weighted by Crippen LogP contribution is -2.12. The van der Waals surface area contributed by atoms with Gasteiger partial charge in [0.2, 0.25) is 0 Å². The molecule has 24 heavy (non-hydrogen) atoms. The van der Waals surface area contributed by atoms with Crippen molar-refractivity contribution >= 4 is 23.3 Å². The molecule has 2 nitrogen and oxygen atoms in total. The molecule has 0 amide bonds. The smallest absolute Gasteiger partial charge is 0.0362 e. The Hall–Kier alpha value is -0.700. The van der Waals surface area contributed by atoms with Crippen LogP contribution in [0.4, 0.5) is 0 Å². The highest BCUT2D eigenvalue weighted by atomic mass is 32.1. The lowest BCUT2D eigenvalue weighted by molar-refractivity contribution is 0.724. The third kappa shape index (κ3) is 26.2. The molecule has 0 aliphatic heterocycles. The summed E-state index contributed by atoms with van der Waals surface area (Å²) in [5.41, 5.74) is 8.28. The van der Waals surface area contributed by atoms with Gasteiger partial charge < -0.3 is 11.1 Å². The van der Waals surface area contributed by atoms with Crippen LogP contribution in [0.5, 0.6) is 0 Å². The standard InChI is InChI=1S/C8H14N2.C5H10S.C4H10.2C2H6/c1-6(9)7-4-2-3-5-8(7)10;1-3-5(2)4-6;1-4(2)3;2*1-2/h10H,2-5,9H2,1H3;4-5H,3H2,1-2H3;4H,1-3H3;2*1-2H3/b7-6-,10-8?;;;;. The highest BCUT2D eigenvalue weighted by Crippen LogP contribution is 2.20. The molecule has 3 N–H and O–H groups in total. The largest absolute Gasteiger partial charge is 0.402 e. The van der Waals surface area contributed by atoms with Gasteiger partial charge in [0.1, 0.15) is 0 Å². The van der Waals surface area contributed by atoms with Gasteiger partial charge in [-0.25, -0.2) is 0 Å². The summed E-state index contributed by atoms with van der Waals surface area (Å²) in [6.45, 7) is 20.6. The first kappa shape index (κ1) is 31.1. The summed E-state index contributed by atoms with van der Waals surface area (Å²) in [6, 6.07) is 0. The molecule has 1 aliphatic carbocycles. The Bertz CT molecular complexity index is 300. The van der Waals surface area contributed by atoms with E-state index in [-0.39, 0.29) is 0 Å². The maximum absolute atomic E-state index is 7.54. The van der Waals surface area contributed by atoms with Gasteiger partial charge in [-0.15, -0.1) is 0 Å². The Morgan fingerprint density at radius 1 is 1.08 bits per heavy atom. The van der Waals surface area contributed by atoms with Gasteiger partial charge >= 0.3 is 0 Å². The average molecular weight is 359 g/mol. The van der Waals surface area contributed by atoms with Crippen molar-refractivity contribution in [1.29, 1.82) is 5.41 Å². The van der Waals surface area contributed by atoms with E-state index in [0.717, 1.165) is 42.2 Å². The molecule has 0 heterocycles. The van der Waals surface area contributed by atoms with Gasteiger partial charge in [-0.05, 0) is 61.8 Å². The van der Waals surface area contributed by atoms with Gasteiger partial charge in [0, 0.05) is 11.4 Å². The molecule has 1 aliphatic rings. The van der Waals surface area contributed by atoms with Crippen molar-refractivity contribution in [1.82, 2.24) is 0 Å². The van der Waals surface area contributed by atoms with Crippen LogP contribution in [-0.4, -0.2) is 11.1 Å². The Morgan fingerprint density at radius 3 is 1.62 bits per heavy atom. The van der Waals surface area contributed by atoms with Crippen LogP contribution in [0.3, 0.4) is 0 Å². The molecule has 146 valence electrons. The van der Waals surface area contributed by atoms with Crippen LogP contribution in [0.25, 0.3) is 0 Å². The minimum atomic E-state index is 0.625. The number of allylic oxidation sites excluding steroid dienone is 2. The predicted molar refractivity (Wildman–Crippen MR) is 119 cm³/mol. The number of hydrogen-bond acceptors (Lipinski definition) is 3. The molecule has 0 spiro atoms. The average Bonchev–Trinajstić information content (AvgIpc) is 2.58. The van der Waals surface area contributed by atoms with E-state index < -0.39 is 0 Å². The zero-order valence-corrected chi connectivity index (χ0v) is 19.1. The molecular formula is C21H46N2S. The molecule has 3 heteroatoms. The number of thiocarbonyl (C=S) groups is 1. The minimum absolute atomic E-state index is 0.625. The lowest BCUT2D eigenvalue weighted by Gasteiger charge is -2.16. The zero-order chi connectivity index (χ0) is 20.1. The van der Waals surface area contributed by atoms with Gasteiger partial charge in [0.05, 0.1) is 0 Å². The number of rotatable bonds is 2. The quantitative estimate of drug-likeness (QED) is 0.500. The number of hydrogen-bond donors (Lipinski definition) is 2. The van der Waals surface area contributed by atoms with E-state index >= 15 is 0 Å². The number of nitrogens with one attached hydrogen (secondary N) is 1. The monoisotopic (exact) mass is 358 g/mol. The molecule has 1 fully saturated rings. The molecule has 0 aromatic carbocycles. The first-order valence-corrected chi connectivity index (χ1v) is 10.2. The van der Waals surface area contributed by atoms with E-state index in [2.05, 4.69) is 46.8 Å². The highest BCUT2D eigenvalue weighted by molar-refractivity contribution is 7.79. The molecule has 1 saturated carbocycles. The van der Waals surface area contributed by atoms with E-state index in [1.165, 1.54) is 12.8 Å². The van der Waals surface area contributed by atoms with E-state index in [0.29, 0.717) is 5.92 Å². The first-order chi connectivity index (χ1) is 11.3. The van der Waals surface area contributed by atoms with Gasteiger partial charge in [-0.1, -0.05) is 74.5 Å². The van der Waals surface area contributed by atoms with Crippen LogP contribution >= 0.6 is 12.2 Å². The van der Waals surface area contributed by atoms with Crippen LogP contribution in [0.15, 0.2) is 11.3 Å². The van der Waals surface area contributed by atoms with Crippen molar-refractivity contribution in [2.45, 2.75) is 101 Å². The summed E-state index contributed by atoms with van der Waals surface area (Å²) >= 11 is 4.65. The second-order valence-corrected chi connectivity index (χ2v) is 6.37. The molecule has 1 atom stereocenters. The normalized spacial score (nSPS) is 15.7. The van der Waals surface area contributed by atoms with Crippen LogP contribution in [0, 0.1) is 17.2 Å². The summed E-state index contributed by atoms with van der Waals surface area (Å²) in [5, 5.41) is 9.34. The molecule has 0 radical (unpaired) electrons. The van der Waals surface area contributed by atoms with Crippen molar-refractivity contribution < 1.29 is 0 Å². The second kappa shape index (κ2) is 24.6. The third-order valence-electron chi connectivity index (χ3n) is 2.82. The van der Waals surface area contributed by atoms with E-state index in [9.17, 15) is 0 Å². The van der Waals surface area contributed by atoms with Crippen LogP contribution in [0.1, 0.15) is 101 Å². The van der Waals surface area contributed by atoms with Gasteiger partial charge in [-0.3, -0.25) is 0 Å². The summed E-state index contributed by atoms with van der Waals surface area (Å²) in [6.07, 6.45) is 5.47. The fraction of sp³-hybridized carbons (Fsp3) is 0.810. The summed E-state index contributed by atoms with van der Waals surface area (Å²) < 4.78 is 0. The Labute approximate surface area is 159 Å². The second-order valence-electron chi connectivity index (χ2n) is 6.10. The minimum Gasteiger partial charge on any atom is -0.402 e. The van der Waals surface area contributed by atoms with Crippen molar-refractivity contribution in [3.05, 3.63) is 11.3 Å². The molecule has 1 rings (SSSR count). The Balaban J connectivity index is -0.000000123. The lowest BCUT2D eigenvalue weighted by atomic mass is 9.92. The van der Waals surface area contributed by atoms with E-state index in [4.69, 9.17) is 11.1 Å². The molecule has 0 aromatic heterocycles. The fourth-order valence-corrected chi connectivity index (χ4v) is 1.63. The molecule has 0 bridgehead atoms. The van der Waals surface area contributed by atoms with Crippen molar-refractivity contribution in [3.8, 4) is 0 Å². The summed E-state index contributed by atoms with van der Waals surface area (Å²) in [5.74, 6) is 1.46. The fourth-order valence-electron chi connectivity index (χ4n) is 1.44. The Kier molecular flexibility index (Phi) is 31.8. The molecule has 1 unspecified atom stereocenters. The van der Waals surface area contributed by atoms with Crippen molar-refractivity contribution in [2.75, 3.05) is 0 Å². The van der Waals surface area contributed by atoms with Gasteiger partial charge in [0.15, 0.2) is 0 Å². The van der Waals surface area contributed by atoms with E-state index in [1.807, 2.05) is 34.6 Å². The van der Waals surface area contributed by atoms with Gasteiger partial charge in [0.25, 0.3) is 0 Å². The maximum Gasteiger partial charge on any atom is 0.0362 e. The summed E-state index contributed by atoms with van der Waals surface area (Å²) in [7, 11) is 0. The third-order valence-corrected chi connectivity index (χ3v) is 3.28. The first-order valence-electron chi connectivity index (χ1n) is 9.74. The number of nitrogens with two attached hydrogens (primary N) is 1. The highest BCUT2D eigenvalue weighted by Gasteiger charge is 2.12. The van der Waals surface area contributed by atoms with Crippen LogP contribution in [-0.2, 0) is 0 Å². The zero-order valence-electron chi connectivity index (χ0n) is 18.3. The molecule has 0 aromatic rings. The summed E-state index contributed by atoms with van der Waals surface area (Å²) in [4.78, 5) is 0. The van der Waals surface area contributed by atoms with Crippen LogP contribution < -0.4 is 5.73 Å². The van der Waals surface area contributed by atoms with E-state index in [1.54, 1.807) is 5.37 Å². The van der Waals surface area contributed by atoms with Gasteiger partial charge in [-0.2, -0.15) is 0 Å². The topological polar surface area (TPSA) is 49.9 Å². The molecular weight excluding hydrogens is 312 g/mol.